The topological polar surface area (TPSA) is 70.3 Å². The molecule has 0 amide bonds. The molecule has 0 saturated heterocycles. The zero-order chi connectivity index (χ0) is 7.61. The number of aliphatic hydroxyl groups is 1. The summed E-state index contributed by atoms with van der Waals surface area (Å²) in [6, 6.07) is 0. The fraction of sp³-hybridized carbons (Fsp3) is 0.667. The lowest BCUT2D eigenvalue weighted by atomic mass is 10.2. The number of likely N-dealkylation sites (N-methyl/N-ethyl adjacent to an activating group) is 1. The van der Waals surface area contributed by atoms with Gasteiger partial charge in [0.2, 0.25) is 0 Å². The number of hydrogen-bond donors (Lipinski definition) is 4. The van der Waals surface area contributed by atoms with Crippen LogP contribution in [0.1, 0.15) is 12.8 Å². The second-order valence-corrected chi connectivity index (χ2v) is 2.51. The highest BCUT2D eigenvalue weighted by molar-refractivity contribution is 5.21. The Hall–Kier alpha value is -0.740. The van der Waals surface area contributed by atoms with Crippen molar-refractivity contribution in [1.29, 1.82) is 0 Å². The van der Waals surface area contributed by atoms with E-state index in [0.717, 1.165) is 18.5 Å². The Morgan fingerprint density at radius 3 is 2.60 bits per heavy atom. The van der Waals surface area contributed by atoms with Gasteiger partial charge >= 0.3 is 0 Å². The molecule has 0 aromatic carbocycles. The van der Waals surface area contributed by atoms with E-state index in [0.29, 0.717) is 0 Å². The van der Waals surface area contributed by atoms with Crippen molar-refractivity contribution in [3.05, 3.63) is 11.9 Å². The normalized spacial score (nSPS) is 22.1. The highest BCUT2D eigenvalue weighted by Crippen LogP contribution is 2.40. The maximum Gasteiger partial charge on any atom is 0.106 e. The number of hydrogen-bond acceptors (Lipinski definition) is 4. The van der Waals surface area contributed by atoms with Gasteiger partial charge in [-0.1, -0.05) is 0 Å². The van der Waals surface area contributed by atoms with Crippen molar-refractivity contribution in [3.8, 4) is 0 Å². The molecule has 1 fully saturated rings. The molecule has 1 saturated carbocycles. The van der Waals surface area contributed by atoms with Crippen molar-refractivity contribution >= 4 is 0 Å². The van der Waals surface area contributed by atoms with Gasteiger partial charge in [0.1, 0.15) is 5.60 Å². The average Bonchev–Trinajstić information content (AvgIpc) is 2.64. The second kappa shape index (κ2) is 2.48. The maximum absolute atomic E-state index is 9.49. The van der Waals surface area contributed by atoms with Gasteiger partial charge in [-0.2, -0.15) is 0 Å². The third-order valence-corrected chi connectivity index (χ3v) is 1.72. The van der Waals surface area contributed by atoms with Gasteiger partial charge in [-0.05, 0) is 12.8 Å². The van der Waals surface area contributed by atoms with Gasteiger partial charge in [0.05, 0.1) is 5.70 Å². The van der Waals surface area contributed by atoms with E-state index in [2.05, 4.69) is 10.7 Å². The summed E-state index contributed by atoms with van der Waals surface area (Å²) in [7, 11) is 1.76. The smallest absolute Gasteiger partial charge is 0.106 e. The number of nitrogens with two attached hydrogens (primary N) is 1. The Labute approximate surface area is 60.1 Å². The van der Waals surface area contributed by atoms with Crippen molar-refractivity contribution in [2.75, 3.05) is 7.05 Å². The third-order valence-electron chi connectivity index (χ3n) is 1.72. The first kappa shape index (κ1) is 7.37. The summed E-state index contributed by atoms with van der Waals surface area (Å²) in [5.74, 6) is 5.05. The molecule has 0 spiro atoms. The van der Waals surface area contributed by atoms with Crippen molar-refractivity contribution in [3.63, 3.8) is 0 Å². The first-order chi connectivity index (χ1) is 4.73. The largest absolute Gasteiger partial charge is 0.388 e. The predicted octanol–water partition coefficient (Wildman–Crippen LogP) is -0.965. The summed E-state index contributed by atoms with van der Waals surface area (Å²) in [5, 5.41) is 12.4. The van der Waals surface area contributed by atoms with Crippen LogP contribution in [0.3, 0.4) is 0 Å². The Bertz CT molecular complexity index is 151. The molecule has 0 aromatic rings. The zero-order valence-corrected chi connectivity index (χ0v) is 6.02. The third kappa shape index (κ3) is 1.22. The highest BCUT2D eigenvalue weighted by atomic mass is 16.3. The Morgan fingerprint density at radius 1 is 1.70 bits per heavy atom. The summed E-state index contributed by atoms with van der Waals surface area (Å²) in [5.41, 5.74) is 2.52. The second-order valence-electron chi connectivity index (χ2n) is 2.51. The average molecular weight is 143 g/mol. The van der Waals surface area contributed by atoms with Crippen LogP contribution in [0.25, 0.3) is 0 Å². The van der Waals surface area contributed by atoms with E-state index < -0.39 is 5.60 Å². The molecule has 4 nitrogen and oxygen atoms in total. The summed E-state index contributed by atoms with van der Waals surface area (Å²) in [6.07, 6.45) is 3.22. The minimum atomic E-state index is -0.624. The first-order valence-corrected chi connectivity index (χ1v) is 3.30. The Balaban J connectivity index is 2.56. The van der Waals surface area contributed by atoms with E-state index in [4.69, 9.17) is 5.84 Å². The van der Waals surface area contributed by atoms with Crippen LogP contribution in [0.4, 0.5) is 0 Å². The number of nitrogens with one attached hydrogen (secondary N) is 2. The predicted molar refractivity (Wildman–Crippen MR) is 38.6 cm³/mol. The van der Waals surface area contributed by atoms with Gasteiger partial charge in [-0.15, -0.1) is 0 Å². The molecule has 1 aliphatic carbocycles. The van der Waals surface area contributed by atoms with E-state index >= 15 is 0 Å². The molecule has 4 heteroatoms. The zero-order valence-electron chi connectivity index (χ0n) is 6.02. The summed E-state index contributed by atoms with van der Waals surface area (Å²) < 4.78 is 0. The molecule has 0 heterocycles. The molecule has 0 bridgehead atoms. The molecular weight excluding hydrogens is 130 g/mol. The molecule has 1 aliphatic rings. The molecule has 1 rings (SSSR count). The van der Waals surface area contributed by atoms with Gasteiger partial charge in [0.25, 0.3) is 0 Å². The summed E-state index contributed by atoms with van der Waals surface area (Å²) in [4.78, 5) is 0. The molecular formula is C6H13N3O. The van der Waals surface area contributed by atoms with Crippen molar-refractivity contribution in [1.82, 2.24) is 10.7 Å². The SMILES string of the molecule is CN/C(=C\NN)C1(O)CC1. The van der Waals surface area contributed by atoms with Crippen LogP contribution in [0, 0.1) is 0 Å². The van der Waals surface area contributed by atoms with Crippen LogP contribution < -0.4 is 16.6 Å². The molecule has 0 unspecified atom stereocenters. The van der Waals surface area contributed by atoms with E-state index in [-0.39, 0.29) is 0 Å². The fourth-order valence-corrected chi connectivity index (χ4v) is 0.910. The summed E-state index contributed by atoms with van der Waals surface area (Å²) in [6.45, 7) is 0. The molecule has 58 valence electrons. The minimum Gasteiger partial charge on any atom is -0.388 e. The fourth-order valence-electron chi connectivity index (χ4n) is 0.910. The van der Waals surface area contributed by atoms with Gasteiger partial charge in [0.15, 0.2) is 0 Å². The number of rotatable bonds is 3. The van der Waals surface area contributed by atoms with Crippen molar-refractivity contribution < 1.29 is 5.11 Å². The van der Waals surface area contributed by atoms with Crippen LogP contribution in [-0.4, -0.2) is 17.8 Å². The van der Waals surface area contributed by atoms with Gasteiger partial charge < -0.3 is 15.8 Å². The van der Waals surface area contributed by atoms with Gasteiger partial charge in [-0.3, -0.25) is 5.84 Å². The Kier molecular flexibility index (Phi) is 1.82. The molecule has 0 atom stereocenters. The highest BCUT2D eigenvalue weighted by Gasteiger charge is 2.43. The van der Waals surface area contributed by atoms with Crippen LogP contribution in [0.5, 0.6) is 0 Å². The monoisotopic (exact) mass is 143 g/mol. The van der Waals surface area contributed by atoms with Crippen molar-refractivity contribution in [2.24, 2.45) is 5.84 Å². The first-order valence-electron chi connectivity index (χ1n) is 3.30. The molecule has 5 N–H and O–H groups in total. The van der Waals surface area contributed by atoms with Gasteiger partial charge in [0, 0.05) is 13.2 Å². The van der Waals surface area contributed by atoms with Crippen LogP contribution >= 0.6 is 0 Å². The molecule has 10 heavy (non-hydrogen) atoms. The van der Waals surface area contributed by atoms with Crippen LogP contribution in [0.2, 0.25) is 0 Å². The number of hydrazine groups is 1. The lowest BCUT2D eigenvalue weighted by Gasteiger charge is -2.11. The van der Waals surface area contributed by atoms with E-state index in [1.807, 2.05) is 0 Å². The van der Waals surface area contributed by atoms with Gasteiger partial charge in [-0.25, -0.2) is 0 Å². The van der Waals surface area contributed by atoms with E-state index in [1.165, 1.54) is 0 Å². The van der Waals surface area contributed by atoms with Crippen LogP contribution in [-0.2, 0) is 0 Å². The van der Waals surface area contributed by atoms with E-state index in [9.17, 15) is 5.11 Å². The lowest BCUT2D eigenvalue weighted by molar-refractivity contribution is 0.181. The lowest BCUT2D eigenvalue weighted by Crippen LogP contribution is -2.27. The van der Waals surface area contributed by atoms with Crippen LogP contribution in [0.15, 0.2) is 11.9 Å². The van der Waals surface area contributed by atoms with Crippen molar-refractivity contribution in [2.45, 2.75) is 18.4 Å². The molecule has 0 aliphatic heterocycles. The Morgan fingerprint density at radius 2 is 2.30 bits per heavy atom. The quantitative estimate of drug-likeness (QED) is 0.303. The minimum absolute atomic E-state index is 0.624. The molecule has 0 radical (unpaired) electrons. The van der Waals surface area contributed by atoms with E-state index in [1.54, 1.807) is 13.2 Å². The standard InChI is InChI=1S/C6H13N3O/c1-8-5(4-9-7)6(10)2-3-6/h4,8-10H,2-3,7H2,1H3/b5-4-. The maximum atomic E-state index is 9.49. The summed E-state index contributed by atoms with van der Waals surface area (Å²) >= 11 is 0. The molecule has 0 aromatic heterocycles.